The van der Waals surface area contributed by atoms with Crippen molar-refractivity contribution < 1.29 is 9.22 Å². The van der Waals surface area contributed by atoms with E-state index in [1.165, 1.54) is 0 Å². The van der Waals surface area contributed by atoms with E-state index in [4.69, 9.17) is 4.43 Å². The Morgan fingerprint density at radius 3 is 2.50 bits per heavy atom. The average Bonchev–Trinajstić information content (AvgIpc) is 2.58. The van der Waals surface area contributed by atoms with E-state index >= 15 is 0 Å². The minimum Gasteiger partial charge on any atom is -0.394 e. The Morgan fingerprint density at radius 1 is 1.40 bits per heavy atom. The summed E-state index contributed by atoms with van der Waals surface area (Å²) in [5, 5.41) is 0.139. The molecule has 1 aliphatic heterocycles. The molecular weight excluding hydrogens is 266 g/mol. The van der Waals surface area contributed by atoms with Gasteiger partial charge in [0.25, 0.3) is 5.91 Å². The molecule has 0 saturated carbocycles. The van der Waals surface area contributed by atoms with Crippen LogP contribution in [-0.4, -0.2) is 25.4 Å². The van der Waals surface area contributed by atoms with Crippen LogP contribution in [0.15, 0.2) is 24.4 Å². The summed E-state index contributed by atoms with van der Waals surface area (Å²) in [4.78, 5) is 13.6. The molecule has 3 nitrogen and oxygen atoms in total. The Hall–Kier alpha value is -0.873. The van der Waals surface area contributed by atoms with E-state index in [0.29, 0.717) is 5.92 Å². The number of hydrogen-bond acceptors (Lipinski definition) is 2. The van der Waals surface area contributed by atoms with Crippen LogP contribution < -0.4 is 0 Å². The van der Waals surface area contributed by atoms with E-state index in [2.05, 4.69) is 53.8 Å². The molecule has 0 N–H and O–H groups in total. The highest BCUT2D eigenvalue weighted by Crippen LogP contribution is 2.38. The van der Waals surface area contributed by atoms with Gasteiger partial charge in [-0.1, -0.05) is 40.7 Å². The van der Waals surface area contributed by atoms with Gasteiger partial charge in [0, 0.05) is 12.3 Å². The molecule has 0 spiro atoms. The molecule has 114 valence electrons. The molecular formula is C16H29NO2Si. The van der Waals surface area contributed by atoms with Gasteiger partial charge in [-0.15, -0.1) is 0 Å². The van der Waals surface area contributed by atoms with Crippen LogP contribution in [0, 0.1) is 5.92 Å². The van der Waals surface area contributed by atoms with Crippen LogP contribution in [0.2, 0.25) is 18.1 Å². The van der Waals surface area contributed by atoms with Crippen molar-refractivity contribution in [3.8, 4) is 0 Å². The fraction of sp³-hybridized carbons (Fsp3) is 0.688. The number of carbonyl (C=O) groups is 1. The molecule has 0 aromatic rings. The summed E-state index contributed by atoms with van der Waals surface area (Å²) in [6, 6.07) is 0. The van der Waals surface area contributed by atoms with Crippen LogP contribution >= 0.6 is 0 Å². The first kappa shape index (κ1) is 17.2. The number of carbonyl (C=O) groups excluding carboxylic acids is 1. The first-order valence-corrected chi connectivity index (χ1v) is 10.3. The fourth-order valence-electron chi connectivity index (χ4n) is 1.65. The second-order valence-electron chi connectivity index (χ2n) is 7.39. The first-order chi connectivity index (χ1) is 9.04. The zero-order valence-corrected chi connectivity index (χ0v) is 14.9. The summed E-state index contributed by atoms with van der Waals surface area (Å²) < 4.78 is 6.31. The molecule has 1 unspecified atom stereocenters. The lowest BCUT2D eigenvalue weighted by atomic mass is 10.1. The summed E-state index contributed by atoms with van der Waals surface area (Å²) in [7, 11) is -1.88. The number of amides is 1. The van der Waals surface area contributed by atoms with Gasteiger partial charge in [0.15, 0.2) is 8.32 Å². The third-order valence-corrected chi connectivity index (χ3v) is 8.47. The minimum absolute atomic E-state index is 0.00807. The molecule has 0 bridgehead atoms. The van der Waals surface area contributed by atoms with Gasteiger partial charge >= 0.3 is 0 Å². The van der Waals surface area contributed by atoms with Crippen molar-refractivity contribution in [2.75, 3.05) is 0 Å². The second-order valence-corrected chi connectivity index (χ2v) is 12.1. The normalized spacial score (nSPS) is 20.7. The van der Waals surface area contributed by atoms with E-state index in [-0.39, 0.29) is 17.2 Å². The lowest BCUT2D eigenvalue weighted by Gasteiger charge is -2.39. The van der Waals surface area contributed by atoms with Crippen molar-refractivity contribution in [2.24, 2.45) is 5.92 Å². The van der Waals surface area contributed by atoms with E-state index in [0.717, 1.165) is 6.42 Å². The summed E-state index contributed by atoms with van der Waals surface area (Å²) in [5.74, 6) is 0.602. The third-order valence-electron chi connectivity index (χ3n) is 4.03. The van der Waals surface area contributed by atoms with Crippen molar-refractivity contribution >= 4 is 14.2 Å². The molecule has 0 saturated heterocycles. The SMILES string of the molecule is CC(C)C/C=C\N1C(=O)C=CC1O[Si](C)(C)C(C)(C)C. The Kier molecular flexibility index (Phi) is 5.38. The van der Waals surface area contributed by atoms with Crippen molar-refractivity contribution in [1.29, 1.82) is 0 Å². The van der Waals surface area contributed by atoms with E-state index in [1.807, 2.05) is 12.3 Å². The molecule has 1 rings (SSSR count). The maximum atomic E-state index is 11.9. The van der Waals surface area contributed by atoms with Gasteiger partial charge in [0.1, 0.15) is 6.23 Å². The molecule has 1 heterocycles. The van der Waals surface area contributed by atoms with Gasteiger partial charge in [-0.3, -0.25) is 9.69 Å². The lowest BCUT2D eigenvalue weighted by molar-refractivity contribution is -0.126. The third kappa shape index (κ3) is 4.32. The number of allylic oxidation sites excluding steroid dienone is 1. The highest BCUT2D eigenvalue weighted by atomic mass is 28.4. The van der Waals surface area contributed by atoms with Crippen molar-refractivity contribution in [2.45, 2.75) is 65.4 Å². The predicted molar refractivity (Wildman–Crippen MR) is 86.7 cm³/mol. The van der Waals surface area contributed by atoms with Gasteiger partial charge in [-0.2, -0.15) is 0 Å². The summed E-state index contributed by atoms with van der Waals surface area (Å²) in [6.45, 7) is 15.4. The highest BCUT2D eigenvalue weighted by molar-refractivity contribution is 6.74. The van der Waals surface area contributed by atoms with Gasteiger partial charge in [0.2, 0.25) is 0 Å². The molecule has 1 aliphatic rings. The van der Waals surface area contributed by atoms with Crippen LogP contribution in [0.4, 0.5) is 0 Å². The maximum Gasteiger partial charge on any atom is 0.252 e. The quantitative estimate of drug-likeness (QED) is 0.708. The highest BCUT2D eigenvalue weighted by Gasteiger charge is 2.41. The molecule has 0 radical (unpaired) electrons. The fourth-order valence-corrected chi connectivity index (χ4v) is 2.80. The minimum atomic E-state index is -1.88. The van der Waals surface area contributed by atoms with Gasteiger partial charge in [0.05, 0.1) is 0 Å². The number of hydrogen-bond donors (Lipinski definition) is 0. The topological polar surface area (TPSA) is 29.5 Å². The standard InChI is InChI=1S/C16H29NO2Si/c1-13(2)9-8-12-17-14(18)10-11-15(17)19-20(6,7)16(3,4)5/h8,10-13,15H,9H2,1-7H3/b12-8-. The Morgan fingerprint density at radius 2 is 2.00 bits per heavy atom. The lowest BCUT2D eigenvalue weighted by Crippen LogP contribution is -2.47. The monoisotopic (exact) mass is 295 g/mol. The molecule has 0 aliphatic carbocycles. The van der Waals surface area contributed by atoms with Crippen LogP contribution in [0.5, 0.6) is 0 Å². The number of nitrogens with zero attached hydrogens (tertiary/aromatic N) is 1. The zero-order chi connectivity index (χ0) is 15.6. The van der Waals surface area contributed by atoms with Crippen LogP contribution in [-0.2, 0) is 9.22 Å². The smallest absolute Gasteiger partial charge is 0.252 e. The zero-order valence-electron chi connectivity index (χ0n) is 13.9. The molecule has 1 atom stereocenters. The van der Waals surface area contributed by atoms with Crippen LogP contribution in [0.3, 0.4) is 0 Å². The van der Waals surface area contributed by atoms with Crippen LogP contribution in [0.1, 0.15) is 41.0 Å². The van der Waals surface area contributed by atoms with Gasteiger partial charge < -0.3 is 4.43 Å². The Bertz CT molecular complexity index is 405. The van der Waals surface area contributed by atoms with Crippen LogP contribution in [0.25, 0.3) is 0 Å². The first-order valence-electron chi connectivity index (χ1n) is 7.39. The van der Waals surface area contributed by atoms with Crippen molar-refractivity contribution in [3.05, 3.63) is 24.4 Å². The molecule has 1 amide bonds. The van der Waals surface area contributed by atoms with Crippen molar-refractivity contribution in [1.82, 2.24) is 4.90 Å². The Labute approximate surface area is 124 Å². The molecule has 0 aromatic heterocycles. The van der Waals surface area contributed by atoms with Gasteiger partial charge in [-0.25, -0.2) is 0 Å². The molecule has 0 fully saturated rings. The molecule has 4 heteroatoms. The predicted octanol–water partition coefficient (Wildman–Crippen LogP) is 4.29. The molecule has 20 heavy (non-hydrogen) atoms. The van der Waals surface area contributed by atoms with Crippen molar-refractivity contribution in [3.63, 3.8) is 0 Å². The van der Waals surface area contributed by atoms with E-state index in [1.54, 1.807) is 11.0 Å². The second kappa shape index (κ2) is 6.27. The average molecular weight is 295 g/mol. The molecule has 0 aromatic carbocycles. The largest absolute Gasteiger partial charge is 0.394 e. The number of rotatable bonds is 5. The Balaban J connectivity index is 2.76. The summed E-state index contributed by atoms with van der Waals surface area (Å²) in [6.07, 6.45) is 8.13. The van der Waals surface area contributed by atoms with E-state index < -0.39 is 8.32 Å². The maximum absolute atomic E-state index is 11.9. The summed E-state index contributed by atoms with van der Waals surface area (Å²) >= 11 is 0. The van der Waals surface area contributed by atoms with Gasteiger partial charge in [-0.05, 0) is 36.5 Å². The van der Waals surface area contributed by atoms with E-state index in [9.17, 15) is 4.79 Å². The summed E-state index contributed by atoms with van der Waals surface area (Å²) in [5.41, 5.74) is 0.